The minimum atomic E-state index is -1.20. The second-order valence-electron chi connectivity index (χ2n) is 29.0. The smallest absolute Gasteiger partial charge is 0.326 e. The van der Waals surface area contributed by atoms with Gasteiger partial charge in [0.15, 0.2) is 0 Å². The lowest BCUT2D eigenvalue weighted by Gasteiger charge is -2.30. The first-order valence-corrected chi connectivity index (χ1v) is 32.6. The second kappa shape index (κ2) is 40.7. The van der Waals surface area contributed by atoms with E-state index in [1.165, 1.54) is 0 Å². The molecule has 0 saturated carbocycles. The van der Waals surface area contributed by atoms with E-state index < -0.39 is 132 Å². The lowest BCUT2D eigenvalue weighted by atomic mass is 9.97. The van der Waals surface area contributed by atoms with Crippen LogP contribution in [-0.4, -0.2) is 137 Å². The summed E-state index contributed by atoms with van der Waals surface area (Å²) in [6.07, 6.45) is 1.70. The molecule has 0 aliphatic heterocycles. The molecule has 0 aromatic rings. The molecule has 0 fully saturated rings. The van der Waals surface area contributed by atoms with Crippen LogP contribution < -0.4 is 58.9 Å². The molecule has 0 aromatic carbocycles. The van der Waals surface area contributed by atoms with E-state index in [1.807, 2.05) is 138 Å². The summed E-state index contributed by atoms with van der Waals surface area (Å²) in [4.78, 5) is 153. The topological polar surface area (TPSA) is 354 Å². The van der Waals surface area contributed by atoms with Crippen LogP contribution in [0.2, 0.25) is 0 Å². The van der Waals surface area contributed by atoms with Crippen molar-refractivity contribution in [3.8, 4) is 0 Å². The largest absolute Gasteiger partial charge is 0.480 e. The standard InChI is InChI=1S/C65H121N11O12/c1-33(2)23-44(67-56(78)46(25-35(5)6)69-58(80)48(27-37(9)10)71-60(82)50(29-39(13)14)73-62(84)52(31-41(17)18)75-64(86)54(66)43(21)22)55(77)68-45(24-34(3)4)57(79)70-47(26-36(7)8)59(81)72-49(28-38(11)12)61(83)74-51(30-40(15)16)63(85)76-53(65(87)88)32-42(19)20/h33-54H,23-32,66H2,1-22H3,(H,67,78)(H,68,77)(H,69,80)(H,70,79)(H,71,82)(H,72,81)(H,73,84)(H,74,83)(H,75,86)(H,76,85)(H,87,88)/t44-,45-,46-,47-,48-,49-,50-,51-,52-,53-,54-/m0/s1. The Morgan fingerprint density at radius 3 is 0.455 bits per heavy atom. The minimum Gasteiger partial charge on any atom is -0.480 e. The van der Waals surface area contributed by atoms with E-state index in [1.54, 1.807) is 13.8 Å². The fraction of sp³-hybridized carbons (Fsp3) is 0.831. The Labute approximate surface area is 528 Å². The Balaban J connectivity index is 6.93. The maximum atomic E-state index is 14.5. The molecule has 0 radical (unpaired) electrons. The van der Waals surface area contributed by atoms with Gasteiger partial charge < -0.3 is 64.0 Å². The number of aliphatic carboxylic acids is 1. The number of carboxylic acid groups (broad SMARTS) is 1. The van der Waals surface area contributed by atoms with Crippen molar-refractivity contribution in [3.63, 3.8) is 0 Å². The zero-order chi connectivity index (χ0) is 68.2. The zero-order valence-corrected chi connectivity index (χ0v) is 57.8. The van der Waals surface area contributed by atoms with Crippen LogP contribution in [0.15, 0.2) is 0 Å². The summed E-state index contributed by atoms with van der Waals surface area (Å²) in [5.74, 6) is -8.83. The Bertz CT molecular complexity index is 2230. The van der Waals surface area contributed by atoms with Crippen LogP contribution in [-0.2, 0) is 52.7 Å². The van der Waals surface area contributed by atoms with Crippen molar-refractivity contribution in [2.24, 2.45) is 70.8 Å². The van der Waals surface area contributed by atoms with Gasteiger partial charge in [0, 0.05) is 0 Å². The zero-order valence-electron chi connectivity index (χ0n) is 57.8. The fourth-order valence-electron chi connectivity index (χ4n) is 10.0. The van der Waals surface area contributed by atoms with Crippen LogP contribution in [0.3, 0.4) is 0 Å². The maximum Gasteiger partial charge on any atom is 0.326 e. The molecule has 0 saturated heterocycles. The summed E-state index contributed by atoms with van der Waals surface area (Å²) in [6, 6.07) is -12.3. The highest BCUT2D eigenvalue weighted by atomic mass is 16.4. The predicted molar refractivity (Wildman–Crippen MR) is 344 cm³/mol. The van der Waals surface area contributed by atoms with Crippen molar-refractivity contribution >= 4 is 65.0 Å². The molecular weight excluding hydrogens is 1130 g/mol. The molecule has 13 N–H and O–H groups in total. The summed E-state index contributed by atoms with van der Waals surface area (Å²) in [6.45, 7) is 40.9. The predicted octanol–water partition coefficient (Wildman–Crippen LogP) is 5.36. The molecule has 0 rings (SSSR count). The number of hydrogen-bond donors (Lipinski definition) is 12. The van der Waals surface area contributed by atoms with Gasteiger partial charge in [-0.15, -0.1) is 0 Å². The molecule has 10 amide bonds. The van der Waals surface area contributed by atoms with Crippen LogP contribution in [0.1, 0.15) is 217 Å². The number of nitrogens with one attached hydrogen (secondary N) is 10. The molecule has 0 bridgehead atoms. The molecule has 0 aliphatic carbocycles. The van der Waals surface area contributed by atoms with Crippen LogP contribution >= 0.6 is 0 Å². The van der Waals surface area contributed by atoms with Crippen LogP contribution in [0.25, 0.3) is 0 Å². The van der Waals surface area contributed by atoms with Crippen molar-refractivity contribution in [1.82, 2.24) is 53.2 Å². The maximum absolute atomic E-state index is 14.5. The van der Waals surface area contributed by atoms with Gasteiger partial charge in [0.1, 0.15) is 60.4 Å². The number of amides is 10. The van der Waals surface area contributed by atoms with Gasteiger partial charge in [-0.2, -0.15) is 0 Å². The summed E-state index contributed by atoms with van der Waals surface area (Å²) in [5, 5.41) is 37.8. The van der Waals surface area contributed by atoms with Crippen molar-refractivity contribution in [1.29, 1.82) is 0 Å². The van der Waals surface area contributed by atoms with Crippen molar-refractivity contribution in [3.05, 3.63) is 0 Å². The molecule has 0 spiro atoms. The van der Waals surface area contributed by atoms with Crippen LogP contribution in [0.4, 0.5) is 0 Å². The van der Waals surface area contributed by atoms with Gasteiger partial charge in [-0.05, 0) is 129 Å². The molecule has 0 unspecified atom stereocenters. The van der Waals surface area contributed by atoms with Gasteiger partial charge in [-0.3, -0.25) is 47.9 Å². The summed E-state index contributed by atoms with van der Waals surface area (Å²) < 4.78 is 0. The van der Waals surface area contributed by atoms with Gasteiger partial charge in [0.25, 0.3) is 0 Å². The van der Waals surface area contributed by atoms with Crippen molar-refractivity contribution < 1.29 is 57.8 Å². The van der Waals surface area contributed by atoms with E-state index in [0.29, 0.717) is 0 Å². The third kappa shape index (κ3) is 33.6. The monoisotopic (exact) mass is 1250 g/mol. The first-order valence-electron chi connectivity index (χ1n) is 32.6. The van der Waals surface area contributed by atoms with Crippen LogP contribution in [0, 0.1) is 65.1 Å². The molecule has 0 aliphatic rings. The Morgan fingerprint density at radius 2 is 0.341 bits per heavy atom. The summed E-state index contributed by atoms with van der Waals surface area (Å²) in [5.41, 5.74) is 6.11. The van der Waals surface area contributed by atoms with Crippen molar-refractivity contribution in [2.45, 2.75) is 283 Å². The highest BCUT2D eigenvalue weighted by molar-refractivity contribution is 5.99. The van der Waals surface area contributed by atoms with Gasteiger partial charge in [-0.1, -0.05) is 152 Å². The van der Waals surface area contributed by atoms with E-state index in [2.05, 4.69) is 53.2 Å². The normalized spacial score (nSPS) is 15.7. The number of rotatable bonds is 42. The SMILES string of the molecule is CC(C)C[C@H](NC(=O)[C@H](CC(C)C)NC(=O)[C@H](CC(C)C)NC(=O)[C@H](CC(C)C)NC(=O)[C@H](CC(C)C)NC(=O)[C@H](CC(C)C)NC(=O)[C@H](CC(C)C)NC(=O)[C@H](CC(C)C)NC(=O)[C@H](CC(C)C)NC(=O)[C@H](CC(C)C)NC(=O)[C@@H](N)C(C)C)C(=O)O. The fourth-order valence-corrected chi connectivity index (χ4v) is 10.0. The molecule has 0 heterocycles. The lowest BCUT2D eigenvalue weighted by molar-refractivity contribution is -0.143. The first-order chi connectivity index (χ1) is 40.5. The van der Waals surface area contributed by atoms with E-state index in [4.69, 9.17) is 5.73 Å². The minimum absolute atomic E-state index is 0.00495. The quantitative estimate of drug-likeness (QED) is 0.0367. The number of carbonyl (C=O) groups excluding carboxylic acids is 10. The Kier molecular flexibility index (Phi) is 38.0. The van der Waals surface area contributed by atoms with Crippen LogP contribution in [0.5, 0.6) is 0 Å². The number of carboxylic acids is 1. The number of nitrogens with two attached hydrogens (primary N) is 1. The van der Waals surface area contributed by atoms with E-state index in [-0.39, 0.29) is 129 Å². The van der Waals surface area contributed by atoms with Crippen molar-refractivity contribution in [2.75, 3.05) is 0 Å². The lowest BCUT2D eigenvalue weighted by Crippen LogP contribution is -2.61. The molecule has 23 nitrogen and oxygen atoms in total. The van der Waals surface area contributed by atoms with Gasteiger partial charge in [0.05, 0.1) is 6.04 Å². The highest BCUT2D eigenvalue weighted by Gasteiger charge is 2.38. The molecule has 11 atom stereocenters. The Morgan fingerprint density at radius 1 is 0.227 bits per heavy atom. The average molecular weight is 1250 g/mol. The van der Waals surface area contributed by atoms with Gasteiger partial charge in [-0.25, -0.2) is 4.79 Å². The highest BCUT2D eigenvalue weighted by Crippen LogP contribution is 2.18. The first kappa shape index (κ1) is 82.1. The molecular formula is C65H121N11O12. The van der Waals surface area contributed by atoms with E-state index >= 15 is 0 Å². The van der Waals surface area contributed by atoms with E-state index in [0.717, 1.165) is 0 Å². The molecule has 88 heavy (non-hydrogen) atoms. The third-order valence-electron chi connectivity index (χ3n) is 14.4. The number of hydrogen-bond acceptors (Lipinski definition) is 12. The molecule has 23 heteroatoms. The molecule has 508 valence electrons. The average Bonchev–Trinajstić information content (AvgIpc) is 3.02. The Hall–Kier alpha value is -5.87. The second-order valence-corrected chi connectivity index (χ2v) is 29.0. The number of carbonyl (C=O) groups is 11. The third-order valence-corrected chi connectivity index (χ3v) is 14.4. The van der Waals surface area contributed by atoms with Gasteiger partial charge in [0.2, 0.25) is 59.1 Å². The summed E-state index contributed by atoms with van der Waals surface area (Å²) >= 11 is 0. The van der Waals surface area contributed by atoms with Gasteiger partial charge >= 0.3 is 5.97 Å². The summed E-state index contributed by atoms with van der Waals surface area (Å²) in [7, 11) is 0. The molecule has 0 aromatic heterocycles. The van der Waals surface area contributed by atoms with E-state index in [9.17, 15) is 57.8 Å².